The van der Waals surface area contributed by atoms with E-state index in [4.69, 9.17) is 0 Å². The standard InChI is InChI=1S/C11H13N5/c1-8-5-14-15-10(8)9-6-16(7-9)11-12-3-2-4-13-11/h2-5,9H,6-7H2,1H3,(H,14,15). The predicted octanol–water partition coefficient (Wildman–Crippen LogP) is 1.11. The van der Waals surface area contributed by atoms with Crippen LogP contribution in [0.2, 0.25) is 0 Å². The molecule has 0 aliphatic carbocycles. The number of rotatable bonds is 2. The van der Waals surface area contributed by atoms with Crippen LogP contribution in [0.3, 0.4) is 0 Å². The van der Waals surface area contributed by atoms with Crippen molar-refractivity contribution in [2.24, 2.45) is 0 Å². The lowest BCUT2D eigenvalue weighted by Crippen LogP contribution is -2.46. The number of aromatic amines is 1. The first kappa shape index (κ1) is 9.33. The lowest BCUT2D eigenvalue weighted by molar-refractivity contribution is 0.500. The fourth-order valence-corrected chi connectivity index (χ4v) is 2.05. The second kappa shape index (κ2) is 3.59. The summed E-state index contributed by atoms with van der Waals surface area (Å²) in [7, 11) is 0. The van der Waals surface area contributed by atoms with E-state index in [9.17, 15) is 0 Å². The van der Waals surface area contributed by atoms with Gasteiger partial charge in [-0.05, 0) is 18.6 Å². The zero-order valence-electron chi connectivity index (χ0n) is 9.09. The SMILES string of the molecule is Cc1cn[nH]c1C1CN(c2ncccn2)C1. The molecule has 0 unspecified atom stereocenters. The molecule has 0 amide bonds. The Balaban J connectivity index is 1.70. The minimum Gasteiger partial charge on any atom is -0.339 e. The van der Waals surface area contributed by atoms with Crippen molar-refractivity contribution in [2.45, 2.75) is 12.8 Å². The van der Waals surface area contributed by atoms with Crippen LogP contribution in [0.1, 0.15) is 17.2 Å². The molecule has 1 aliphatic heterocycles. The minimum atomic E-state index is 0.534. The fourth-order valence-electron chi connectivity index (χ4n) is 2.05. The van der Waals surface area contributed by atoms with Crippen molar-refractivity contribution in [3.05, 3.63) is 35.9 Å². The summed E-state index contributed by atoms with van der Waals surface area (Å²) >= 11 is 0. The first-order chi connectivity index (χ1) is 7.84. The van der Waals surface area contributed by atoms with Crippen LogP contribution in [-0.4, -0.2) is 33.3 Å². The fraction of sp³-hybridized carbons (Fsp3) is 0.364. The Bertz CT molecular complexity index is 472. The van der Waals surface area contributed by atoms with Crippen molar-refractivity contribution < 1.29 is 0 Å². The molecule has 0 bridgehead atoms. The van der Waals surface area contributed by atoms with Gasteiger partial charge in [0.2, 0.25) is 5.95 Å². The zero-order valence-corrected chi connectivity index (χ0v) is 9.09. The predicted molar refractivity (Wildman–Crippen MR) is 60.3 cm³/mol. The Hall–Kier alpha value is -1.91. The van der Waals surface area contributed by atoms with Crippen LogP contribution in [0.4, 0.5) is 5.95 Å². The van der Waals surface area contributed by atoms with Gasteiger partial charge in [-0.1, -0.05) is 0 Å². The lowest BCUT2D eigenvalue weighted by Gasteiger charge is -2.38. The normalized spacial score (nSPS) is 16.2. The van der Waals surface area contributed by atoms with E-state index in [0.717, 1.165) is 19.0 Å². The molecule has 3 rings (SSSR count). The highest BCUT2D eigenvalue weighted by molar-refractivity contribution is 5.38. The third-order valence-electron chi connectivity index (χ3n) is 2.99. The van der Waals surface area contributed by atoms with Gasteiger partial charge < -0.3 is 4.90 Å². The molecule has 0 aromatic carbocycles. The van der Waals surface area contributed by atoms with Crippen LogP contribution in [-0.2, 0) is 0 Å². The molecule has 1 aliphatic rings. The molecule has 1 N–H and O–H groups in total. The zero-order chi connectivity index (χ0) is 11.0. The summed E-state index contributed by atoms with van der Waals surface area (Å²) in [5.74, 6) is 1.35. The Kier molecular flexibility index (Phi) is 2.09. The molecule has 1 saturated heterocycles. The highest BCUT2D eigenvalue weighted by Crippen LogP contribution is 2.29. The Morgan fingerprint density at radius 2 is 2.06 bits per heavy atom. The summed E-state index contributed by atoms with van der Waals surface area (Å²) in [5.41, 5.74) is 2.48. The first-order valence-corrected chi connectivity index (χ1v) is 5.36. The maximum Gasteiger partial charge on any atom is 0.225 e. The van der Waals surface area contributed by atoms with E-state index in [0.29, 0.717) is 5.92 Å². The molecule has 5 heteroatoms. The smallest absolute Gasteiger partial charge is 0.225 e. The summed E-state index contributed by atoms with van der Waals surface area (Å²) in [4.78, 5) is 10.6. The molecule has 1 fully saturated rings. The van der Waals surface area contributed by atoms with Crippen molar-refractivity contribution >= 4 is 5.95 Å². The molecular weight excluding hydrogens is 202 g/mol. The Morgan fingerprint density at radius 1 is 1.31 bits per heavy atom. The third kappa shape index (κ3) is 1.44. The van der Waals surface area contributed by atoms with Crippen molar-refractivity contribution in [3.63, 3.8) is 0 Å². The van der Waals surface area contributed by atoms with E-state index in [1.807, 2.05) is 12.3 Å². The van der Waals surface area contributed by atoms with Crippen LogP contribution in [0.25, 0.3) is 0 Å². The van der Waals surface area contributed by atoms with E-state index in [1.54, 1.807) is 12.4 Å². The van der Waals surface area contributed by atoms with E-state index >= 15 is 0 Å². The maximum absolute atomic E-state index is 4.23. The molecule has 2 aromatic rings. The Morgan fingerprint density at radius 3 is 2.69 bits per heavy atom. The van der Waals surface area contributed by atoms with Crippen LogP contribution in [0.5, 0.6) is 0 Å². The van der Waals surface area contributed by atoms with Gasteiger partial charge in [0.05, 0.1) is 6.20 Å². The van der Waals surface area contributed by atoms with Gasteiger partial charge in [-0.2, -0.15) is 5.10 Å². The quantitative estimate of drug-likeness (QED) is 0.815. The van der Waals surface area contributed by atoms with E-state index in [1.165, 1.54) is 11.3 Å². The molecular formula is C11H13N5. The highest BCUT2D eigenvalue weighted by atomic mass is 15.3. The highest BCUT2D eigenvalue weighted by Gasteiger charge is 2.31. The number of anilines is 1. The molecule has 0 atom stereocenters. The number of aromatic nitrogens is 4. The summed E-state index contributed by atoms with van der Waals surface area (Å²) in [6.45, 7) is 4.01. The molecule has 0 saturated carbocycles. The molecule has 82 valence electrons. The second-order valence-corrected chi connectivity index (χ2v) is 4.12. The number of nitrogens with one attached hydrogen (secondary N) is 1. The summed E-state index contributed by atoms with van der Waals surface area (Å²) in [6, 6.07) is 1.83. The summed E-state index contributed by atoms with van der Waals surface area (Å²) < 4.78 is 0. The van der Waals surface area contributed by atoms with Crippen LogP contribution < -0.4 is 4.90 Å². The van der Waals surface area contributed by atoms with E-state index < -0.39 is 0 Å². The van der Waals surface area contributed by atoms with Crippen LogP contribution in [0.15, 0.2) is 24.7 Å². The largest absolute Gasteiger partial charge is 0.339 e. The maximum atomic E-state index is 4.23. The number of hydrogen-bond donors (Lipinski definition) is 1. The van der Waals surface area contributed by atoms with E-state index in [-0.39, 0.29) is 0 Å². The number of aryl methyl sites for hydroxylation is 1. The summed E-state index contributed by atoms with van der Waals surface area (Å²) in [6.07, 6.45) is 5.42. The third-order valence-corrected chi connectivity index (χ3v) is 2.99. The average Bonchev–Trinajstić information content (AvgIpc) is 2.65. The van der Waals surface area contributed by atoms with Crippen LogP contribution in [0, 0.1) is 6.92 Å². The average molecular weight is 215 g/mol. The van der Waals surface area contributed by atoms with Gasteiger partial charge in [-0.15, -0.1) is 0 Å². The molecule has 3 heterocycles. The van der Waals surface area contributed by atoms with E-state index in [2.05, 4.69) is 32.0 Å². The van der Waals surface area contributed by atoms with Gasteiger partial charge >= 0.3 is 0 Å². The molecule has 2 aromatic heterocycles. The first-order valence-electron chi connectivity index (χ1n) is 5.36. The molecule has 0 spiro atoms. The van der Waals surface area contributed by atoms with Gasteiger partial charge in [0, 0.05) is 37.1 Å². The van der Waals surface area contributed by atoms with Gasteiger partial charge in [-0.25, -0.2) is 9.97 Å². The molecule has 16 heavy (non-hydrogen) atoms. The monoisotopic (exact) mass is 215 g/mol. The number of hydrogen-bond acceptors (Lipinski definition) is 4. The van der Waals surface area contributed by atoms with Gasteiger partial charge in [0.15, 0.2) is 0 Å². The minimum absolute atomic E-state index is 0.534. The van der Waals surface area contributed by atoms with Gasteiger partial charge in [0.25, 0.3) is 0 Å². The van der Waals surface area contributed by atoms with Crippen molar-refractivity contribution in [1.29, 1.82) is 0 Å². The lowest BCUT2D eigenvalue weighted by atomic mass is 9.94. The van der Waals surface area contributed by atoms with Gasteiger partial charge in [0.1, 0.15) is 0 Å². The summed E-state index contributed by atoms with van der Waals surface area (Å²) in [5, 5.41) is 7.11. The topological polar surface area (TPSA) is 57.7 Å². The van der Waals surface area contributed by atoms with Crippen molar-refractivity contribution in [1.82, 2.24) is 20.2 Å². The number of nitrogens with zero attached hydrogens (tertiary/aromatic N) is 4. The van der Waals surface area contributed by atoms with Crippen molar-refractivity contribution in [3.8, 4) is 0 Å². The molecule has 0 radical (unpaired) electrons. The molecule has 5 nitrogen and oxygen atoms in total. The van der Waals surface area contributed by atoms with Gasteiger partial charge in [-0.3, -0.25) is 5.10 Å². The van der Waals surface area contributed by atoms with Crippen LogP contribution >= 0.6 is 0 Å². The number of H-pyrrole nitrogens is 1. The second-order valence-electron chi connectivity index (χ2n) is 4.12. The van der Waals surface area contributed by atoms with Crippen molar-refractivity contribution in [2.75, 3.05) is 18.0 Å². The Labute approximate surface area is 93.5 Å².